The van der Waals surface area contributed by atoms with Gasteiger partial charge in [-0.3, -0.25) is 0 Å². The predicted octanol–water partition coefficient (Wildman–Crippen LogP) is 5.66. The van der Waals surface area contributed by atoms with E-state index in [1.807, 2.05) is 26.0 Å². The van der Waals surface area contributed by atoms with Crippen LogP contribution in [0.25, 0.3) is 21.3 Å². The summed E-state index contributed by atoms with van der Waals surface area (Å²) in [5, 5.41) is 4.77. The highest BCUT2D eigenvalue weighted by molar-refractivity contribution is 7.19. The molecular formula is C24H32N4OS. The molecule has 0 aliphatic carbocycles. The van der Waals surface area contributed by atoms with E-state index in [1.165, 1.54) is 54.9 Å². The van der Waals surface area contributed by atoms with Crippen LogP contribution < -0.4 is 10.1 Å². The Kier molecular flexibility index (Phi) is 6.85. The number of benzene rings is 1. The van der Waals surface area contributed by atoms with Crippen molar-refractivity contribution in [2.75, 3.05) is 38.1 Å². The fourth-order valence-corrected chi connectivity index (χ4v) is 5.34. The quantitative estimate of drug-likeness (QED) is 0.449. The molecule has 0 spiro atoms. The number of thiophene rings is 1. The monoisotopic (exact) mass is 424 g/mol. The summed E-state index contributed by atoms with van der Waals surface area (Å²) in [6.07, 6.45) is 5.11. The summed E-state index contributed by atoms with van der Waals surface area (Å²) in [6.45, 7) is 11.5. The summed E-state index contributed by atoms with van der Waals surface area (Å²) in [4.78, 5) is 14.4. The zero-order valence-corrected chi connectivity index (χ0v) is 19.1. The van der Waals surface area contributed by atoms with Crippen LogP contribution in [0.3, 0.4) is 0 Å². The Labute approximate surface area is 183 Å². The van der Waals surface area contributed by atoms with E-state index in [9.17, 15) is 0 Å². The van der Waals surface area contributed by atoms with E-state index in [0.29, 0.717) is 6.61 Å². The smallest absolute Gasteiger partial charge is 0.139 e. The van der Waals surface area contributed by atoms with Crippen molar-refractivity contribution in [3.63, 3.8) is 0 Å². The first kappa shape index (κ1) is 21.1. The van der Waals surface area contributed by atoms with Crippen molar-refractivity contribution < 1.29 is 4.74 Å². The first-order valence-electron chi connectivity index (χ1n) is 11.1. The molecule has 0 unspecified atom stereocenters. The lowest BCUT2D eigenvalue weighted by Crippen LogP contribution is -2.21. The van der Waals surface area contributed by atoms with Crippen LogP contribution in [-0.2, 0) is 0 Å². The molecule has 1 aliphatic rings. The zero-order valence-electron chi connectivity index (χ0n) is 18.3. The van der Waals surface area contributed by atoms with Gasteiger partial charge in [0.15, 0.2) is 0 Å². The lowest BCUT2D eigenvalue weighted by molar-refractivity contribution is 0.331. The SMILES string of the molecule is CCOc1ccc(-c2c(C)sc3nc(C)nc(NCCCCN4CCCC4)c23)cc1. The molecule has 1 aromatic carbocycles. The standard InChI is InChI=1S/C24H32N4OS/c1-4-29-20-11-9-19(10-12-20)21-17(2)30-24-22(21)23(26-18(3)27-24)25-13-5-6-14-28-15-7-8-16-28/h9-12H,4-8,13-16H2,1-3H3,(H,25,26,27). The molecule has 1 N–H and O–H groups in total. The second kappa shape index (κ2) is 9.75. The Bertz CT molecular complexity index is 977. The number of ether oxygens (including phenoxy) is 1. The van der Waals surface area contributed by atoms with Gasteiger partial charge in [0.1, 0.15) is 22.2 Å². The zero-order chi connectivity index (χ0) is 20.9. The van der Waals surface area contributed by atoms with Gasteiger partial charge in [-0.1, -0.05) is 12.1 Å². The van der Waals surface area contributed by atoms with Gasteiger partial charge in [0, 0.05) is 17.0 Å². The largest absolute Gasteiger partial charge is 0.494 e. The Balaban J connectivity index is 1.53. The van der Waals surface area contributed by atoms with Crippen LogP contribution in [0.4, 0.5) is 5.82 Å². The molecule has 3 aromatic rings. The van der Waals surface area contributed by atoms with Crippen LogP contribution in [-0.4, -0.2) is 47.7 Å². The number of nitrogens with one attached hydrogen (secondary N) is 1. The first-order chi connectivity index (χ1) is 14.7. The van der Waals surface area contributed by atoms with Crippen LogP contribution in [0.2, 0.25) is 0 Å². The summed E-state index contributed by atoms with van der Waals surface area (Å²) in [5.41, 5.74) is 2.42. The molecule has 1 fully saturated rings. The van der Waals surface area contributed by atoms with Crippen molar-refractivity contribution in [3.05, 3.63) is 35.0 Å². The number of likely N-dealkylation sites (tertiary alicyclic amines) is 1. The normalized spacial score (nSPS) is 14.5. The molecule has 4 rings (SSSR count). The van der Waals surface area contributed by atoms with Crippen LogP contribution in [0, 0.1) is 13.8 Å². The second-order valence-corrected chi connectivity index (χ2v) is 9.18. The van der Waals surface area contributed by atoms with Crippen LogP contribution in [0.5, 0.6) is 5.75 Å². The summed E-state index contributed by atoms with van der Waals surface area (Å²) in [5.74, 6) is 2.69. The van der Waals surface area contributed by atoms with E-state index in [-0.39, 0.29) is 0 Å². The Morgan fingerprint density at radius 2 is 1.83 bits per heavy atom. The van der Waals surface area contributed by atoms with Crippen molar-refractivity contribution >= 4 is 27.4 Å². The van der Waals surface area contributed by atoms with Gasteiger partial charge in [0.05, 0.1) is 12.0 Å². The molecular weight excluding hydrogens is 392 g/mol. The number of aromatic nitrogens is 2. The lowest BCUT2D eigenvalue weighted by atomic mass is 10.0. The summed E-state index contributed by atoms with van der Waals surface area (Å²) >= 11 is 1.75. The maximum absolute atomic E-state index is 5.61. The fraction of sp³-hybridized carbons (Fsp3) is 0.500. The maximum atomic E-state index is 5.61. The molecule has 1 saturated heterocycles. The molecule has 3 heterocycles. The van der Waals surface area contributed by atoms with Gasteiger partial charge in [0.25, 0.3) is 0 Å². The highest BCUT2D eigenvalue weighted by Gasteiger charge is 2.18. The molecule has 0 amide bonds. The number of fused-ring (bicyclic) bond motifs is 1. The molecule has 0 bridgehead atoms. The number of rotatable bonds is 9. The van der Waals surface area contributed by atoms with Crippen molar-refractivity contribution in [1.82, 2.24) is 14.9 Å². The molecule has 5 nitrogen and oxygen atoms in total. The highest BCUT2D eigenvalue weighted by Crippen LogP contribution is 2.41. The third-order valence-electron chi connectivity index (χ3n) is 5.69. The van der Waals surface area contributed by atoms with Crippen molar-refractivity contribution in [3.8, 4) is 16.9 Å². The molecule has 2 aromatic heterocycles. The number of aryl methyl sites for hydroxylation is 2. The van der Waals surface area contributed by atoms with E-state index in [0.717, 1.165) is 40.6 Å². The summed E-state index contributed by atoms with van der Waals surface area (Å²) in [7, 11) is 0. The Morgan fingerprint density at radius 1 is 1.07 bits per heavy atom. The molecule has 0 atom stereocenters. The number of anilines is 1. The molecule has 0 radical (unpaired) electrons. The van der Waals surface area contributed by atoms with Gasteiger partial charge in [0.2, 0.25) is 0 Å². The molecule has 6 heteroatoms. The number of nitrogens with zero attached hydrogens (tertiary/aromatic N) is 3. The van der Waals surface area contributed by atoms with E-state index in [4.69, 9.17) is 14.7 Å². The average Bonchev–Trinajstić information content (AvgIpc) is 3.35. The minimum atomic E-state index is 0.679. The van der Waals surface area contributed by atoms with Gasteiger partial charge in [-0.2, -0.15) is 0 Å². The Morgan fingerprint density at radius 3 is 2.57 bits per heavy atom. The summed E-state index contributed by atoms with van der Waals surface area (Å²) in [6, 6.07) is 8.36. The number of unbranched alkanes of at least 4 members (excludes halogenated alkanes) is 1. The van der Waals surface area contributed by atoms with Crippen molar-refractivity contribution in [2.45, 2.75) is 46.5 Å². The number of hydrogen-bond donors (Lipinski definition) is 1. The van der Waals surface area contributed by atoms with E-state index >= 15 is 0 Å². The predicted molar refractivity (Wildman–Crippen MR) is 127 cm³/mol. The van der Waals surface area contributed by atoms with Gasteiger partial charge >= 0.3 is 0 Å². The number of hydrogen-bond acceptors (Lipinski definition) is 6. The molecule has 160 valence electrons. The molecule has 0 saturated carbocycles. The third-order valence-corrected chi connectivity index (χ3v) is 6.68. The van der Waals surface area contributed by atoms with Gasteiger partial charge in [-0.15, -0.1) is 11.3 Å². The maximum Gasteiger partial charge on any atom is 0.139 e. The van der Waals surface area contributed by atoms with Gasteiger partial charge in [-0.05, 0) is 83.8 Å². The second-order valence-electron chi connectivity index (χ2n) is 7.97. The Hall–Kier alpha value is -2.18. The highest BCUT2D eigenvalue weighted by atomic mass is 32.1. The van der Waals surface area contributed by atoms with Crippen LogP contribution in [0.1, 0.15) is 43.3 Å². The third kappa shape index (κ3) is 4.76. The van der Waals surface area contributed by atoms with Crippen LogP contribution >= 0.6 is 11.3 Å². The van der Waals surface area contributed by atoms with E-state index in [1.54, 1.807) is 11.3 Å². The first-order valence-corrected chi connectivity index (χ1v) is 11.9. The van der Waals surface area contributed by atoms with Gasteiger partial charge < -0.3 is 15.0 Å². The topological polar surface area (TPSA) is 50.3 Å². The fourth-order valence-electron chi connectivity index (χ4n) is 4.25. The van der Waals surface area contributed by atoms with Crippen molar-refractivity contribution in [2.24, 2.45) is 0 Å². The van der Waals surface area contributed by atoms with E-state index in [2.05, 4.69) is 29.3 Å². The molecule has 1 aliphatic heterocycles. The molecule has 30 heavy (non-hydrogen) atoms. The van der Waals surface area contributed by atoms with E-state index < -0.39 is 0 Å². The summed E-state index contributed by atoms with van der Waals surface area (Å²) < 4.78 is 5.61. The minimum Gasteiger partial charge on any atom is -0.494 e. The van der Waals surface area contributed by atoms with Crippen LogP contribution in [0.15, 0.2) is 24.3 Å². The van der Waals surface area contributed by atoms with Crippen molar-refractivity contribution in [1.29, 1.82) is 0 Å². The minimum absolute atomic E-state index is 0.679. The average molecular weight is 425 g/mol. The lowest BCUT2D eigenvalue weighted by Gasteiger charge is -2.14. The van der Waals surface area contributed by atoms with Gasteiger partial charge in [-0.25, -0.2) is 9.97 Å².